The molecule has 0 nitrogen and oxygen atoms in total. The Morgan fingerprint density at radius 2 is 0.556 bits per heavy atom. The zero-order valence-electron chi connectivity index (χ0n) is 18.0. The third kappa shape index (κ3) is 27.1. The topological polar surface area (TPSA) is 0 Å². The van der Waals surface area contributed by atoms with E-state index in [0.29, 0.717) is 0 Å². The van der Waals surface area contributed by atoms with E-state index in [1.165, 1.54) is 135 Å². The van der Waals surface area contributed by atoms with Gasteiger partial charge in [-0.15, -0.1) is 11.6 Å². The smallest absolute Gasteiger partial charge is 0.150 e. The molecule has 0 saturated carbocycles. The van der Waals surface area contributed by atoms with E-state index in [2.05, 4.69) is 0 Å². The van der Waals surface area contributed by atoms with Crippen molar-refractivity contribution in [3.05, 3.63) is 0 Å². The van der Waals surface area contributed by atoms with Crippen molar-refractivity contribution in [2.75, 3.05) is 5.88 Å². The van der Waals surface area contributed by atoms with Crippen LogP contribution in [0.5, 0.6) is 0 Å². The van der Waals surface area contributed by atoms with Crippen molar-refractivity contribution >= 4 is 41.2 Å². The summed E-state index contributed by atoms with van der Waals surface area (Å²) in [5, 5.41) is 0. The van der Waals surface area contributed by atoms with E-state index >= 15 is 0 Å². The van der Waals surface area contributed by atoms with Crippen LogP contribution in [0.3, 0.4) is 0 Å². The van der Waals surface area contributed by atoms with Crippen molar-refractivity contribution in [2.45, 2.75) is 141 Å². The lowest BCUT2D eigenvalue weighted by molar-refractivity contribution is 0.521. The molecule has 0 unspecified atom stereocenters. The van der Waals surface area contributed by atoms with Crippen molar-refractivity contribution in [1.29, 1.82) is 0 Å². The molecule has 0 bridgehead atoms. The molecule has 27 heavy (non-hydrogen) atoms. The molecule has 0 N–H and O–H groups in total. The average molecular weight is 458 g/mol. The first kappa shape index (κ1) is 28.1. The summed E-state index contributed by atoms with van der Waals surface area (Å²) in [7, 11) is -1.33. The lowest BCUT2D eigenvalue weighted by Crippen LogP contribution is -1.91. The molecule has 0 fully saturated rings. The minimum Gasteiger partial charge on any atom is -0.150 e. The van der Waals surface area contributed by atoms with Crippen LogP contribution in [-0.4, -0.2) is 13.3 Å². The van der Waals surface area contributed by atoms with Crippen LogP contribution in [0.1, 0.15) is 135 Å². The third-order valence-corrected chi connectivity index (χ3v) is 7.98. The summed E-state index contributed by atoms with van der Waals surface area (Å²) >= 11 is 17.4. The van der Waals surface area contributed by atoms with Crippen LogP contribution in [0, 0.1) is 0 Å². The molecule has 0 amide bonds. The molecule has 0 rings (SSSR count). The maximum atomic E-state index is 5.87. The first-order valence-corrected chi connectivity index (χ1v) is 17.0. The standard InChI is InChI=1S/C23H47Cl3Si/c24-22-20-18-16-14-12-10-8-6-4-2-1-3-5-7-9-11-13-15-17-19-21-23-27(25)26/h27H,1-23H2. The minimum absolute atomic E-state index is 0.840. The van der Waals surface area contributed by atoms with Crippen LogP contribution >= 0.6 is 33.8 Å². The van der Waals surface area contributed by atoms with Crippen LogP contribution < -0.4 is 0 Å². The summed E-state index contributed by atoms with van der Waals surface area (Å²) in [6.45, 7) is 0. The number of rotatable bonds is 23. The lowest BCUT2D eigenvalue weighted by Gasteiger charge is -2.04. The number of alkyl halides is 1. The summed E-state index contributed by atoms with van der Waals surface area (Å²) < 4.78 is 0. The SMILES string of the molecule is ClCCCCCCCCCCCCCCCCCCCCCCC[SiH](Cl)Cl. The van der Waals surface area contributed by atoms with Crippen molar-refractivity contribution < 1.29 is 0 Å². The van der Waals surface area contributed by atoms with Crippen molar-refractivity contribution in [2.24, 2.45) is 0 Å². The number of halogens is 3. The molecule has 0 spiro atoms. The Kier molecular flexibility index (Phi) is 26.1. The molecular formula is C23H47Cl3Si. The zero-order chi connectivity index (χ0) is 19.8. The van der Waals surface area contributed by atoms with Gasteiger partial charge >= 0.3 is 0 Å². The number of hydrogen-bond donors (Lipinski definition) is 0. The van der Waals surface area contributed by atoms with Gasteiger partial charge in [0.15, 0.2) is 0 Å². The van der Waals surface area contributed by atoms with Crippen LogP contribution in [0.2, 0.25) is 6.04 Å². The predicted octanol–water partition coefficient (Wildman–Crippen LogP) is 10.1. The van der Waals surface area contributed by atoms with Crippen LogP contribution in [-0.2, 0) is 0 Å². The molecule has 0 aliphatic carbocycles. The summed E-state index contributed by atoms with van der Waals surface area (Å²) in [6, 6.07) is 1.10. The van der Waals surface area contributed by atoms with Gasteiger partial charge in [-0.1, -0.05) is 128 Å². The summed E-state index contributed by atoms with van der Waals surface area (Å²) in [5.74, 6) is 0.840. The van der Waals surface area contributed by atoms with Crippen molar-refractivity contribution in [3.8, 4) is 0 Å². The van der Waals surface area contributed by atoms with E-state index < -0.39 is 7.42 Å². The second-order valence-electron chi connectivity index (χ2n) is 8.29. The Labute approximate surface area is 187 Å². The molecule has 0 aromatic heterocycles. The molecule has 0 aliphatic rings. The van der Waals surface area contributed by atoms with E-state index in [0.717, 1.165) is 11.9 Å². The highest BCUT2D eigenvalue weighted by atomic mass is 35.7. The summed E-state index contributed by atoms with van der Waals surface area (Å²) in [6.07, 6.45) is 29.6. The third-order valence-electron chi connectivity index (χ3n) is 5.56. The number of hydrogen-bond acceptors (Lipinski definition) is 0. The molecule has 0 aromatic carbocycles. The Hall–Kier alpha value is 1.09. The minimum atomic E-state index is -1.33. The van der Waals surface area contributed by atoms with Gasteiger partial charge in [0.1, 0.15) is 0 Å². The quantitative estimate of drug-likeness (QED) is 0.0619. The predicted molar refractivity (Wildman–Crippen MR) is 131 cm³/mol. The fourth-order valence-corrected chi connectivity index (χ4v) is 5.46. The highest BCUT2D eigenvalue weighted by Crippen LogP contribution is 2.16. The fraction of sp³-hybridized carbons (Fsp3) is 1.00. The van der Waals surface area contributed by atoms with Gasteiger partial charge in [0.2, 0.25) is 7.42 Å². The Morgan fingerprint density at radius 3 is 0.778 bits per heavy atom. The second-order valence-corrected chi connectivity index (χ2v) is 13.9. The summed E-state index contributed by atoms with van der Waals surface area (Å²) in [5.41, 5.74) is 0. The van der Waals surface area contributed by atoms with Gasteiger partial charge in [-0.25, -0.2) is 0 Å². The Bertz CT molecular complexity index is 262. The number of unbranched alkanes of at least 4 members (excludes halogenated alkanes) is 20. The van der Waals surface area contributed by atoms with E-state index in [9.17, 15) is 0 Å². The highest BCUT2D eigenvalue weighted by Gasteiger charge is 2.00. The van der Waals surface area contributed by atoms with Crippen molar-refractivity contribution in [3.63, 3.8) is 0 Å². The molecule has 0 heterocycles. The fourth-order valence-electron chi connectivity index (χ4n) is 3.75. The lowest BCUT2D eigenvalue weighted by atomic mass is 10.0. The van der Waals surface area contributed by atoms with Crippen LogP contribution in [0.15, 0.2) is 0 Å². The first-order chi connectivity index (χ1) is 13.3. The van der Waals surface area contributed by atoms with Crippen molar-refractivity contribution in [1.82, 2.24) is 0 Å². The molecule has 0 aliphatic heterocycles. The van der Waals surface area contributed by atoms with Gasteiger partial charge in [-0.2, -0.15) is 22.2 Å². The Balaban J connectivity index is 2.97. The van der Waals surface area contributed by atoms with Crippen LogP contribution in [0.25, 0.3) is 0 Å². The monoisotopic (exact) mass is 456 g/mol. The Morgan fingerprint density at radius 1 is 0.333 bits per heavy atom. The van der Waals surface area contributed by atoms with E-state index in [1.807, 2.05) is 0 Å². The van der Waals surface area contributed by atoms with Gasteiger partial charge in [-0.05, 0) is 12.5 Å². The van der Waals surface area contributed by atoms with E-state index in [1.54, 1.807) is 0 Å². The van der Waals surface area contributed by atoms with Gasteiger partial charge in [0, 0.05) is 5.88 Å². The normalized spacial score (nSPS) is 11.6. The zero-order valence-corrected chi connectivity index (χ0v) is 21.4. The molecule has 164 valence electrons. The molecule has 0 saturated heterocycles. The molecular weight excluding hydrogens is 411 g/mol. The van der Waals surface area contributed by atoms with Gasteiger partial charge in [0.05, 0.1) is 0 Å². The molecule has 4 heteroatoms. The van der Waals surface area contributed by atoms with Gasteiger partial charge < -0.3 is 0 Å². The van der Waals surface area contributed by atoms with Gasteiger partial charge in [-0.3, -0.25) is 0 Å². The molecule has 0 aromatic rings. The molecule has 0 atom stereocenters. The highest BCUT2D eigenvalue weighted by molar-refractivity contribution is 7.33. The maximum Gasteiger partial charge on any atom is 0.237 e. The first-order valence-electron chi connectivity index (χ1n) is 12.1. The van der Waals surface area contributed by atoms with Crippen LogP contribution in [0.4, 0.5) is 0 Å². The van der Waals surface area contributed by atoms with E-state index in [-0.39, 0.29) is 0 Å². The summed E-state index contributed by atoms with van der Waals surface area (Å²) in [4.78, 5) is 0. The average Bonchev–Trinajstić information content (AvgIpc) is 2.65. The molecule has 0 radical (unpaired) electrons. The second kappa shape index (κ2) is 25.1. The maximum absolute atomic E-state index is 5.87. The van der Waals surface area contributed by atoms with Gasteiger partial charge in [0.25, 0.3) is 0 Å². The van der Waals surface area contributed by atoms with E-state index in [4.69, 9.17) is 33.8 Å². The largest absolute Gasteiger partial charge is 0.237 e.